The zero-order valence-corrected chi connectivity index (χ0v) is 12.5. The van der Waals surface area contributed by atoms with Crippen LogP contribution in [0.25, 0.3) is 0 Å². The van der Waals surface area contributed by atoms with Crippen LogP contribution in [0.1, 0.15) is 47.5 Å². The number of morpholine rings is 1. The van der Waals surface area contributed by atoms with Crippen LogP contribution in [-0.4, -0.2) is 42.1 Å². The first-order valence-electron chi connectivity index (χ1n) is 6.87. The highest BCUT2D eigenvalue weighted by Gasteiger charge is 2.31. The van der Waals surface area contributed by atoms with Crippen LogP contribution in [0.4, 0.5) is 0 Å². The lowest BCUT2D eigenvalue weighted by Crippen LogP contribution is -2.52. The molecule has 3 N–H and O–H groups in total. The molecule has 106 valence electrons. The van der Waals surface area contributed by atoms with Crippen molar-refractivity contribution < 1.29 is 4.74 Å². The van der Waals surface area contributed by atoms with Crippen molar-refractivity contribution in [2.45, 2.75) is 59.2 Å². The van der Waals surface area contributed by atoms with Gasteiger partial charge in [-0.05, 0) is 40.2 Å². The highest BCUT2D eigenvalue weighted by Crippen LogP contribution is 2.24. The molecule has 0 bridgehead atoms. The van der Waals surface area contributed by atoms with Gasteiger partial charge in [0.2, 0.25) is 0 Å². The van der Waals surface area contributed by atoms with Crippen LogP contribution in [0.3, 0.4) is 0 Å². The monoisotopic (exact) mass is 255 g/mol. The van der Waals surface area contributed by atoms with E-state index in [0.29, 0.717) is 6.10 Å². The van der Waals surface area contributed by atoms with Crippen molar-refractivity contribution >= 4 is 5.84 Å². The zero-order chi connectivity index (χ0) is 14.0. The number of amidine groups is 1. The molecule has 0 aromatic heterocycles. The van der Waals surface area contributed by atoms with E-state index < -0.39 is 0 Å². The second-order valence-corrected chi connectivity index (χ2v) is 6.82. The van der Waals surface area contributed by atoms with Gasteiger partial charge in [-0.15, -0.1) is 0 Å². The lowest BCUT2D eigenvalue weighted by atomic mass is 9.86. The van der Waals surface area contributed by atoms with Crippen molar-refractivity contribution in [1.82, 2.24) is 4.90 Å². The van der Waals surface area contributed by atoms with E-state index >= 15 is 0 Å². The minimum absolute atomic E-state index is 0.0479. The highest BCUT2D eigenvalue weighted by molar-refractivity contribution is 5.82. The summed E-state index contributed by atoms with van der Waals surface area (Å²) in [5.74, 6) is 0.290. The topological polar surface area (TPSA) is 62.3 Å². The minimum Gasteiger partial charge on any atom is -0.387 e. The molecule has 0 aliphatic carbocycles. The molecule has 1 aliphatic heterocycles. The van der Waals surface area contributed by atoms with Crippen molar-refractivity contribution in [3.8, 4) is 0 Å². The van der Waals surface area contributed by atoms with Crippen molar-refractivity contribution in [2.24, 2.45) is 11.1 Å². The minimum atomic E-state index is -0.173. The van der Waals surface area contributed by atoms with Crippen LogP contribution < -0.4 is 5.73 Å². The summed E-state index contributed by atoms with van der Waals surface area (Å²) in [5.41, 5.74) is 5.38. The highest BCUT2D eigenvalue weighted by atomic mass is 16.5. The normalized spacial score (nSPS) is 25.1. The van der Waals surface area contributed by atoms with Gasteiger partial charge in [0.05, 0.1) is 17.5 Å². The molecule has 0 aromatic rings. The molecule has 1 heterocycles. The molecule has 1 saturated heterocycles. The summed E-state index contributed by atoms with van der Waals surface area (Å²) in [7, 11) is 0. The quantitative estimate of drug-likeness (QED) is 0.585. The molecule has 1 unspecified atom stereocenters. The third-order valence-electron chi connectivity index (χ3n) is 3.65. The number of hydrogen-bond acceptors (Lipinski definition) is 3. The third kappa shape index (κ3) is 4.58. The first-order chi connectivity index (χ1) is 8.12. The number of ether oxygens (including phenoxy) is 1. The number of nitrogens with one attached hydrogen (secondary N) is 1. The lowest BCUT2D eigenvalue weighted by Gasteiger charge is -2.42. The Morgan fingerprint density at radius 3 is 2.61 bits per heavy atom. The van der Waals surface area contributed by atoms with E-state index in [-0.39, 0.29) is 16.9 Å². The molecule has 0 spiro atoms. The summed E-state index contributed by atoms with van der Waals surface area (Å²) in [6.45, 7) is 13.6. The second kappa shape index (κ2) is 5.57. The Bertz CT molecular complexity index is 299. The van der Waals surface area contributed by atoms with Gasteiger partial charge in [0, 0.05) is 18.5 Å². The second-order valence-electron chi connectivity index (χ2n) is 6.82. The van der Waals surface area contributed by atoms with E-state index in [2.05, 4.69) is 25.7 Å². The maximum Gasteiger partial charge on any atom is 0.0963 e. The molecule has 0 amide bonds. The van der Waals surface area contributed by atoms with E-state index in [9.17, 15) is 0 Å². The smallest absolute Gasteiger partial charge is 0.0963 e. The van der Waals surface area contributed by atoms with E-state index in [1.165, 1.54) is 0 Å². The fraction of sp³-hybridized carbons (Fsp3) is 0.929. The van der Waals surface area contributed by atoms with Crippen LogP contribution in [0.15, 0.2) is 0 Å². The Hall–Kier alpha value is -0.610. The summed E-state index contributed by atoms with van der Waals surface area (Å²) < 4.78 is 5.89. The Balaban J connectivity index is 2.38. The molecule has 18 heavy (non-hydrogen) atoms. The van der Waals surface area contributed by atoms with Gasteiger partial charge in [-0.1, -0.05) is 13.8 Å². The Kier molecular flexibility index (Phi) is 4.78. The predicted molar refractivity (Wildman–Crippen MR) is 76.0 cm³/mol. The van der Waals surface area contributed by atoms with Gasteiger partial charge in [0.15, 0.2) is 0 Å². The average molecular weight is 255 g/mol. The molecule has 0 aromatic carbocycles. The molecule has 1 atom stereocenters. The largest absolute Gasteiger partial charge is 0.387 e. The van der Waals surface area contributed by atoms with Gasteiger partial charge in [-0.25, -0.2) is 0 Å². The van der Waals surface area contributed by atoms with Gasteiger partial charge in [0.25, 0.3) is 0 Å². The summed E-state index contributed by atoms with van der Waals surface area (Å²) >= 11 is 0. The van der Waals surface area contributed by atoms with Gasteiger partial charge in [-0.2, -0.15) is 0 Å². The van der Waals surface area contributed by atoms with Gasteiger partial charge >= 0.3 is 0 Å². The van der Waals surface area contributed by atoms with Gasteiger partial charge < -0.3 is 10.5 Å². The van der Waals surface area contributed by atoms with Crippen LogP contribution in [-0.2, 0) is 4.74 Å². The average Bonchev–Trinajstić information content (AvgIpc) is 2.13. The van der Waals surface area contributed by atoms with Gasteiger partial charge in [-0.3, -0.25) is 10.3 Å². The molecule has 4 heteroatoms. The Morgan fingerprint density at radius 1 is 1.50 bits per heavy atom. The molecule has 1 aliphatic rings. The summed E-state index contributed by atoms with van der Waals surface area (Å²) in [4.78, 5) is 2.46. The zero-order valence-electron chi connectivity index (χ0n) is 12.5. The molecule has 4 nitrogen and oxygen atoms in total. The van der Waals surface area contributed by atoms with Crippen LogP contribution in [0, 0.1) is 10.8 Å². The van der Waals surface area contributed by atoms with E-state index in [1.54, 1.807) is 0 Å². The van der Waals surface area contributed by atoms with Crippen LogP contribution in [0.2, 0.25) is 0 Å². The van der Waals surface area contributed by atoms with Crippen LogP contribution in [0.5, 0.6) is 0 Å². The maximum atomic E-state index is 7.56. The molecule has 1 fully saturated rings. The predicted octanol–water partition coefficient (Wildman–Crippen LogP) is 2.23. The standard InChI is InChI=1S/C14H29N3O/c1-11-9-17(10-14(4,5)18-11)8-6-7-13(2,3)12(15)16/h11H,6-10H2,1-5H3,(H3,15,16). The number of nitrogens with zero attached hydrogens (tertiary/aromatic N) is 1. The first-order valence-corrected chi connectivity index (χ1v) is 6.87. The maximum absolute atomic E-state index is 7.56. The fourth-order valence-electron chi connectivity index (χ4n) is 2.64. The fourth-order valence-corrected chi connectivity index (χ4v) is 2.64. The van der Waals surface area contributed by atoms with Crippen molar-refractivity contribution in [3.05, 3.63) is 0 Å². The number of hydrogen-bond donors (Lipinski definition) is 2. The van der Waals surface area contributed by atoms with Crippen molar-refractivity contribution in [2.75, 3.05) is 19.6 Å². The molecule has 1 rings (SSSR count). The number of rotatable bonds is 5. The first kappa shape index (κ1) is 15.4. The van der Waals surface area contributed by atoms with Crippen molar-refractivity contribution in [3.63, 3.8) is 0 Å². The SMILES string of the molecule is CC1CN(CCCC(C)(C)C(=N)N)CC(C)(C)O1. The Morgan fingerprint density at radius 2 is 2.11 bits per heavy atom. The molecule has 0 radical (unpaired) electrons. The third-order valence-corrected chi connectivity index (χ3v) is 3.65. The molecular formula is C14H29N3O. The van der Waals surface area contributed by atoms with E-state index in [1.807, 2.05) is 13.8 Å². The van der Waals surface area contributed by atoms with Crippen LogP contribution >= 0.6 is 0 Å². The summed E-state index contributed by atoms with van der Waals surface area (Å²) in [6.07, 6.45) is 2.35. The lowest BCUT2D eigenvalue weighted by molar-refractivity contribution is -0.128. The summed E-state index contributed by atoms with van der Waals surface area (Å²) in [5, 5.41) is 7.56. The Labute approximate surface area is 111 Å². The van der Waals surface area contributed by atoms with Crippen molar-refractivity contribution in [1.29, 1.82) is 5.41 Å². The van der Waals surface area contributed by atoms with Gasteiger partial charge in [0.1, 0.15) is 0 Å². The molecule has 0 saturated carbocycles. The van der Waals surface area contributed by atoms with E-state index in [4.69, 9.17) is 15.9 Å². The number of nitrogens with two attached hydrogens (primary N) is 1. The van der Waals surface area contributed by atoms with E-state index in [0.717, 1.165) is 32.5 Å². The molecular weight excluding hydrogens is 226 g/mol. The summed E-state index contributed by atoms with van der Waals surface area (Å²) in [6, 6.07) is 0.